The number of rotatable bonds is 1. The summed E-state index contributed by atoms with van der Waals surface area (Å²) in [5.41, 5.74) is 7.02. The largest absolute Gasteiger partial charge is 0.399 e. The second-order valence-corrected chi connectivity index (χ2v) is 5.05. The molecule has 0 aliphatic heterocycles. The molecule has 0 saturated carbocycles. The Balaban J connectivity index is 2.79. The molecule has 2 rings (SSSR count). The summed E-state index contributed by atoms with van der Waals surface area (Å²) in [5, 5.41) is 9.94. The summed E-state index contributed by atoms with van der Waals surface area (Å²) < 4.78 is 2.30. The van der Waals surface area contributed by atoms with Gasteiger partial charge < -0.3 is 5.73 Å². The zero-order chi connectivity index (χ0) is 10.1. The Morgan fingerprint density at radius 3 is 2.86 bits per heavy atom. The predicted molar refractivity (Wildman–Crippen MR) is 62.7 cm³/mol. The average molecular weight is 220 g/mol. The van der Waals surface area contributed by atoms with Gasteiger partial charge in [0.15, 0.2) is 0 Å². The van der Waals surface area contributed by atoms with Gasteiger partial charge in [-0.3, -0.25) is 0 Å². The highest BCUT2D eigenvalue weighted by Gasteiger charge is 2.06. The van der Waals surface area contributed by atoms with E-state index in [4.69, 9.17) is 11.0 Å². The van der Waals surface area contributed by atoms with Crippen molar-refractivity contribution in [3.8, 4) is 6.07 Å². The van der Waals surface area contributed by atoms with Crippen LogP contribution in [-0.2, 0) is 0 Å². The van der Waals surface area contributed by atoms with Crippen molar-refractivity contribution in [2.75, 3.05) is 12.0 Å². The minimum absolute atomic E-state index is 0.656. The number of nitriles is 1. The quantitative estimate of drug-likeness (QED) is 0.593. The van der Waals surface area contributed by atoms with E-state index in [2.05, 4.69) is 6.07 Å². The molecule has 0 saturated heterocycles. The fraction of sp³-hybridized carbons (Fsp3) is 0.100. The molecule has 70 valence electrons. The summed E-state index contributed by atoms with van der Waals surface area (Å²) in [4.78, 5) is 0. The second-order valence-electron chi connectivity index (χ2n) is 2.86. The minimum atomic E-state index is 0.656. The van der Waals surface area contributed by atoms with Gasteiger partial charge in [0.2, 0.25) is 0 Å². The molecule has 0 unspecified atom stereocenters. The summed E-state index contributed by atoms with van der Waals surface area (Å²) in [6.45, 7) is 0. The SMILES string of the molecule is CSc1cc2c(C#N)cc(N)cc2s1. The van der Waals surface area contributed by atoms with E-state index in [1.54, 1.807) is 29.2 Å². The Morgan fingerprint density at radius 1 is 1.43 bits per heavy atom. The monoisotopic (exact) mass is 220 g/mol. The summed E-state index contributed by atoms with van der Waals surface area (Å²) in [6, 6.07) is 7.85. The van der Waals surface area contributed by atoms with Gasteiger partial charge in [-0.15, -0.1) is 23.1 Å². The predicted octanol–water partition coefficient (Wildman–Crippen LogP) is 3.08. The Kier molecular flexibility index (Phi) is 2.36. The first-order valence-electron chi connectivity index (χ1n) is 4.01. The van der Waals surface area contributed by atoms with Crippen molar-refractivity contribution in [1.82, 2.24) is 0 Å². The molecule has 2 N–H and O–H groups in total. The van der Waals surface area contributed by atoms with Crippen LogP contribution in [0, 0.1) is 11.3 Å². The number of fused-ring (bicyclic) bond motifs is 1. The molecule has 0 aliphatic carbocycles. The maximum Gasteiger partial charge on any atom is 0.0999 e. The van der Waals surface area contributed by atoms with Crippen LogP contribution >= 0.6 is 23.1 Å². The van der Waals surface area contributed by atoms with E-state index in [9.17, 15) is 0 Å². The number of anilines is 1. The van der Waals surface area contributed by atoms with Crippen molar-refractivity contribution < 1.29 is 0 Å². The second kappa shape index (κ2) is 3.52. The lowest BCUT2D eigenvalue weighted by molar-refractivity contribution is 1.50. The van der Waals surface area contributed by atoms with Gasteiger partial charge in [0.1, 0.15) is 0 Å². The number of nitrogen functional groups attached to an aromatic ring is 1. The molecule has 1 heterocycles. The Bertz CT molecular complexity index is 523. The van der Waals surface area contributed by atoms with Gasteiger partial charge in [-0.25, -0.2) is 0 Å². The van der Waals surface area contributed by atoms with Gasteiger partial charge >= 0.3 is 0 Å². The van der Waals surface area contributed by atoms with Crippen LogP contribution in [0.15, 0.2) is 22.4 Å². The van der Waals surface area contributed by atoms with Crippen molar-refractivity contribution in [2.45, 2.75) is 4.21 Å². The van der Waals surface area contributed by atoms with Gasteiger partial charge in [-0.2, -0.15) is 5.26 Å². The number of benzene rings is 1. The van der Waals surface area contributed by atoms with Crippen molar-refractivity contribution in [1.29, 1.82) is 5.26 Å². The molecule has 2 aromatic rings. The highest BCUT2D eigenvalue weighted by Crippen LogP contribution is 2.34. The Morgan fingerprint density at radius 2 is 2.21 bits per heavy atom. The van der Waals surface area contributed by atoms with Crippen molar-refractivity contribution >= 4 is 38.9 Å². The molecule has 0 atom stereocenters. The van der Waals surface area contributed by atoms with E-state index < -0.39 is 0 Å². The third-order valence-corrected chi connectivity index (χ3v) is 4.11. The zero-order valence-electron chi connectivity index (χ0n) is 7.57. The van der Waals surface area contributed by atoms with Crippen LogP contribution in [0.3, 0.4) is 0 Å². The highest BCUT2D eigenvalue weighted by molar-refractivity contribution is 8.00. The minimum Gasteiger partial charge on any atom is -0.399 e. The third kappa shape index (κ3) is 1.45. The van der Waals surface area contributed by atoms with Crippen LogP contribution < -0.4 is 5.73 Å². The molecule has 2 nitrogen and oxygen atoms in total. The maximum atomic E-state index is 8.93. The molecule has 4 heteroatoms. The van der Waals surface area contributed by atoms with Crippen LogP contribution in [0.25, 0.3) is 10.1 Å². The summed E-state index contributed by atoms with van der Waals surface area (Å²) in [6.07, 6.45) is 2.03. The molecule has 0 bridgehead atoms. The topological polar surface area (TPSA) is 49.8 Å². The van der Waals surface area contributed by atoms with E-state index in [0.717, 1.165) is 10.1 Å². The Hall–Kier alpha value is -1.18. The van der Waals surface area contributed by atoms with Crippen LogP contribution in [0.1, 0.15) is 5.56 Å². The first-order chi connectivity index (χ1) is 6.74. The molecular formula is C10H8N2S2. The lowest BCUT2D eigenvalue weighted by atomic mass is 10.1. The average Bonchev–Trinajstić information content (AvgIpc) is 2.59. The van der Waals surface area contributed by atoms with Gasteiger partial charge in [0, 0.05) is 15.8 Å². The normalized spacial score (nSPS) is 10.3. The van der Waals surface area contributed by atoms with E-state index in [1.807, 2.05) is 18.4 Å². The van der Waals surface area contributed by atoms with Crippen molar-refractivity contribution in [2.24, 2.45) is 0 Å². The van der Waals surface area contributed by atoms with Crippen molar-refractivity contribution in [3.05, 3.63) is 23.8 Å². The van der Waals surface area contributed by atoms with Gasteiger partial charge in [0.05, 0.1) is 15.8 Å². The number of thiophene rings is 1. The molecular weight excluding hydrogens is 212 g/mol. The van der Waals surface area contributed by atoms with Crippen LogP contribution in [0.2, 0.25) is 0 Å². The fourth-order valence-electron chi connectivity index (χ4n) is 1.33. The smallest absolute Gasteiger partial charge is 0.0999 e. The number of nitrogens with zero attached hydrogens (tertiary/aromatic N) is 1. The van der Waals surface area contributed by atoms with Crippen LogP contribution in [0.5, 0.6) is 0 Å². The molecule has 0 fully saturated rings. The summed E-state index contributed by atoms with van der Waals surface area (Å²) in [7, 11) is 0. The standard InChI is InChI=1S/C10H8N2S2/c1-13-10-4-8-6(5-11)2-7(12)3-9(8)14-10/h2-4H,12H2,1H3. The van der Waals surface area contributed by atoms with E-state index in [1.165, 1.54) is 4.21 Å². The molecule has 14 heavy (non-hydrogen) atoms. The molecule has 1 aromatic heterocycles. The zero-order valence-corrected chi connectivity index (χ0v) is 9.21. The van der Waals surface area contributed by atoms with E-state index >= 15 is 0 Å². The molecule has 0 amide bonds. The third-order valence-electron chi connectivity index (χ3n) is 1.96. The molecule has 1 aromatic carbocycles. The van der Waals surface area contributed by atoms with Gasteiger partial charge in [-0.1, -0.05) is 0 Å². The Labute approximate surface area is 90.3 Å². The van der Waals surface area contributed by atoms with Crippen LogP contribution in [0.4, 0.5) is 5.69 Å². The molecule has 0 spiro atoms. The number of hydrogen-bond acceptors (Lipinski definition) is 4. The number of nitrogens with two attached hydrogens (primary N) is 1. The lowest BCUT2D eigenvalue weighted by Gasteiger charge is -1.95. The van der Waals surface area contributed by atoms with Crippen molar-refractivity contribution in [3.63, 3.8) is 0 Å². The van der Waals surface area contributed by atoms with Gasteiger partial charge in [-0.05, 0) is 24.5 Å². The lowest BCUT2D eigenvalue weighted by Crippen LogP contribution is -1.85. The molecule has 0 aliphatic rings. The summed E-state index contributed by atoms with van der Waals surface area (Å²) in [5.74, 6) is 0. The fourth-order valence-corrected chi connectivity index (χ4v) is 3.04. The van der Waals surface area contributed by atoms with Gasteiger partial charge in [0.25, 0.3) is 0 Å². The maximum absolute atomic E-state index is 8.93. The van der Waals surface area contributed by atoms with E-state index in [0.29, 0.717) is 11.3 Å². The van der Waals surface area contributed by atoms with Crippen LogP contribution in [-0.4, -0.2) is 6.26 Å². The van der Waals surface area contributed by atoms with E-state index in [-0.39, 0.29) is 0 Å². The first kappa shape index (κ1) is 9.38. The molecule has 0 radical (unpaired) electrons. The number of thioether (sulfide) groups is 1. The number of hydrogen-bond donors (Lipinski definition) is 1. The highest BCUT2D eigenvalue weighted by atomic mass is 32.2. The summed E-state index contributed by atoms with van der Waals surface area (Å²) >= 11 is 3.36. The first-order valence-corrected chi connectivity index (χ1v) is 6.06.